The number of urea groups is 1. The Morgan fingerprint density at radius 1 is 1.43 bits per heavy atom. The number of aryl methyl sites for hydroxylation is 1. The second kappa shape index (κ2) is 6.75. The predicted molar refractivity (Wildman–Crippen MR) is 69.5 cm³/mol. The van der Waals surface area contributed by atoms with Crippen molar-refractivity contribution in [3.8, 4) is 0 Å². The predicted octanol–water partition coefficient (Wildman–Crippen LogP) is 2.78. The number of hydrogen-bond acceptors (Lipinski definition) is 2. The maximum Gasteiger partial charge on any atom is 0.416 e. The van der Waals surface area contributed by atoms with Gasteiger partial charge in [-0.15, -0.1) is 0 Å². The lowest BCUT2D eigenvalue weighted by Crippen LogP contribution is -2.43. The van der Waals surface area contributed by atoms with Gasteiger partial charge in [-0.3, -0.25) is 0 Å². The van der Waals surface area contributed by atoms with Crippen LogP contribution < -0.4 is 5.32 Å². The average Bonchev–Trinajstić information content (AvgIpc) is 2.37. The Balaban J connectivity index is 2.66. The fourth-order valence-corrected chi connectivity index (χ4v) is 1.58. The van der Waals surface area contributed by atoms with E-state index in [1.54, 1.807) is 6.92 Å². The van der Waals surface area contributed by atoms with Gasteiger partial charge < -0.3 is 15.3 Å². The van der Waals surface area contributed by atoms with E-state index >= 15 is 0 Å². The van der Waals surface area contributed by atoms with E-state index < -0.39 is 30.7 Å². The van der Waals surface area contributed by atoms with E-state index in [9.17, 15) is 22.4 Å². The first-order chi connectivity index (χ1) is 9.65. The van der Waals surface area contributed by atoms with Crippen LogP contribution in [-0.4, -0.2) is 41.9 Å². The molecule has 0 bridgehead atoms. The standard InChI is InChI=1S/C13H16F4N2O2/c1-3-8-4-5-9(6-10(8)14)18-12(21)19(2)7-11(20)13(15,16)17/h4-6,11,20H,3,7H2,1-2H3,(H,18,21)/t11-/m1/s1. The Labute approximate surface area is 119 Å². The van der Waals surface area contributed by atoms with Gasteiger partial charge in [0.15, 0.2) is 6.10 Å². The molecule has 0 unspecified atom stereocenters. The van der Waals surface area contributed by atoms with Gasteiger partial charge in [0, 0.05) is 12.7 Å². The highest BCUT2D eigenvalue weighted by Gasteiger charge is 2.39. The number of anilines is 1. The van der Waals surface area contributed by atoms with Crippen molar-refractivity contribution in [1.82, 2.24) is 4.90 Å². The zero-order valence-corrected chi connectivity index (χ0v) is 11.5. The molecule has 2 amide bonds. The Morgan fingerprint density at radius 3 is 2.52 bits per heavy atom. The molecule has 0 heterocycles. The van der Waals surface area contributed by atoms with Crippen LogP contribution in [0.4, 0.5) is 28.0 Å². The van der Waals surface area contributed by atoms with E-state index in [1.807, 2.05) is 0 Å². The first-order valence-electron chi connectivity index (χ1n) is 6.20. The van der Waals surface area contributed by atoms with Crippen LogP contribution in [0.3, 0.4) is 0 Å². The van der Waals surface area contributed by atoms with Gasteiger partial charge >= 0.3 is 12.2 Å². The molecule has 1 atom stereocenters. The summed E-state index contributed by atoms with van der Waals surface area (Å²) in [5.41, 5.74) is 0.594. The van der Waals surface area contributed by atoms with Gasteiger partial charge in [-0.2, -0.15) is 13.2 Å². The van der Waals surface area contributed by atoms with Gasteiger partial charge in [0.2, 0.25) is 0 Å². The summed E-state index contributed by atoms with van der Waals surface area (Å²) >= 11 is 0. The summed E-state index contributed by atoms with van der Waals surface area (Å²) in [6.45, 7) is 0.855. The van der Waals surface area contributed by atoms with Crippen LogP contribution in [0.2, 0.25) is 0 Å². The molecule has 0 radical (unpaired) electrons. The number of nitrogens with one attached hydrogen (secondary N) is 1. The van der Waals surface area contributed by atoms with Crippen molar-refractivity contribution in [3.05, 3.63) is 29.6 Å². The number of aliphatic hydroxyl groups excluding tert-OH is 1. The van der Waals surface area contributed by atoms with Crippen molar-refractivity contribution in [2.45, 2.75) is 25.6 Å². The van der Waals surface area contributed by atoms with Gasteiger partial charge in [0.1, 0.15) is 5.82 Å². The lowest BCUT2D eigenvalue weighted by Gasteiger charge is -2.22. The first-order valence-corrected chi connectivity index (χ1v) is 6.20. The zero-order chi connectivity index (χ0) is 16.2. The number of rotatable bonds is 4. The van der Waals surface area contributed by atoms with Crippen LogP contribution in [0.15, 0.2) is 18.2 Å². The van der Waals surface area contributed by atoms with Crippen LogP contribution >= 0.6 is 0 Å². The number of hydrogen-bond donors (Lipinski definition) is 2. The lowest BCUT2D eigenvalue weighted by molar-refractivity contribution is -0.205. The van der Waals surface area contributed by atoms with Crippen LogP contribution in [0, 0.1) is 5.82 Å². The fourth-order valence-electron chi connectivity index (χ4n) is 1.58. The number of benzene rings is 1. The highest BCUT2D eigenvalue weighted by molar-refractivity contribution is 5.89. The number of likely N-dealkylation sites (N-methyl/N-ethyl adjacent to an activating group) is 1. The molecule has 0 aliphatic heterocycles. The van der Waals surface area contributed by atoms with Crippen molar-refractivity contribution in [1.29, 1.82) is 0 Å². The second-order valence-electron chi connectivity index (χ2n) is 4.53. The van der Waals surface area contributed by atoms with E-state index in [4.69, 9.17) is 5.11 Å². The van der Waals surface area contributed by atoms with Crippen LogP contribution in [0.25, 0.3) is 0 Å². The molecule has 118 valence electrons. The van der Waals surface area contributed by atoms with E-state index in [1.165, 1.54) is 12.1 Å². The van der Waals surface area contributed by atoms with E-state index in [0.717, 1.165) is 13.1 Å². The van der Waals surface area contributed by atoms with Gasteiger partial charge in [-0.25, -0.2) is 9.18 Å². The second-order valence-corrected chi connectivity index (χ2v) is 4.53. The zero-order valence-electron chi connectivity index (χ0n) is 11.5. The van der Waals surface area contributed by atoms with Crippen molar-refractivity contribution < 1.29 is 27.5 Å². The normalized spacial score (nSPS) is 12.9. The Bertz CT molecular complexity index is 505. The minimum Gasteiger partial charge on any atom is -0.382 e. The molecule has 1 aromatic rings. The van der Waals surface area contributed by atoms with Crippen molar-refractivity contribution >= 4 is 11.7 Å². The quantitative estimate of drug-likeness (QED) is 0.840. The highest BCUT2D eigenvalue weighted by Crippen LogP contribution is 2.21. The number of halogens is 4. The summed E-state index contributed by atoms with van der Waals surface area (Å²) in [6.07, 6.45) is -6.95. The molecule has 0 aliphatic carbocycles. The number of alkyl halides is 3. The number of amides is 2. The molecular formula is C13H16F4N2O2. The number of carbonyl (C=O) groups excluding carboxylic acids is 1. The minimum atomic E-state index is -4.80. The maximum atomic E-state index is 13.5. The lowest BCUT2D eigenvalue weighted by atomic mass is 10.1. The molecule has 1 aromatic carbocycles. The van der Waals surface area contributed by atoms with Crippen LogP contribution in [-0.2, 0) is 6.42 Å². The van der Waals surface area contributed by atoms with E-state index in [2.05, 4.69) is 5.32 Å². The average molecular weight is 308 g/mol. The number of nitrogens with zero attached hydrogens (tertiary/aromatic N) is 1. The van der Waals surface area contributed by atoms with Crippen molar-refractivity contribution in [2.24, 2.45) is 0 Å². The smallest absolute Gasteiger partial charge is 0.382 e. The molecule has 8 heteroatoms. The Morgan fingerprint density at radius 2 is 2.05 bits per heavy atom. The van der Waals surface area contributed by atoms with Crippen molar-refractivity contribution in [2.75, 3.05) is 18.9 Å². The van der Waals surface area contributed by atoms with E-state index in [-0.39, 0.29) is 5.69 Å². The van der Waals surface area contributed by atoms with Crippen LogP contribution in [0.5, 0.6) is 0 Å². The third-order valence-corrected chi connectivity index (χ3v) is 2.86. The minimum absolute atomic E-state index is 0.128. The molecule has 0 saturated heterocycles. The molecule has 0 saturated carbocycles. The largest absolute Gasteiger partial charge is 0.416 e. The Hall–Kier alpha value is -1.83. The maximum absolute atomic E-state index is 13.5. The highest BCUT2D eigenvalue weighted by atomic mass is 19.4. The molecule has 1 rings (SSSR count). The first kappa shape index (κ1) is 17.2. The summed E-state index contributed by atoms with van der Waals surface area (Å²) in [4.78, 5) is 12.3. The molecule has 2 N–H and O–H groups in total. The molecule has 0 aliphatic rings. The molecule has 0 aromatic heterocycles. The molecule has 21 heavy (non-hydrogen) atoms. The third-order valence-electron chi connectivity index (χ3n) is 2.86. The van der Waals surface area contributed by atoms with Gasteiger partial charge in [0.05, 0.1) is 6.54 Å². The number of aliphatic hydroxyl groups is 1. The monoisotopic (exact) mass is 308 g/mol. The fraction of sp³-hybridized carbons (Fsp3) is 0.462. The third kappa shape index (κ3) is 4.89. The van der Waals surface area contributed by atoms with Crippen LogP contribution in [0.1, 0.15) is 12.5 Å². The summed E-state index contributed by atoms with van der Waals surface area (Å²) in [5, 5.41) is 11.1. The molecular weight excluding hydrogens is 292 g/mol. The van der Waals surface area contributed by atoms with Gasteiger partial charge in [-0.05, 0) is 24.1 Å². The Kier molecular flexibility index (Phi) is 5.54. The SMILES string of the molecule is CCc1ccc(NC(=O)N(C)C[C@@H](O)C(F)(F)F)cc1F. The van der Waals surface area contributed by atoms with E-state index in [0.29, 0.717) is 16.9 Å². The van der Waals surface area contributed by atoms with Gasteiger partial charge in [-0.1, -0.05) is 13.0 Å². The van der Waals surface area contributed by atoms with Crippen molar-refractivity contribution in [3.63, 3.8) is 0 Å². The summed E-state index contributed by atoms with van der Waals surface area (Å²) in [5.74, 6) is -0.506. The van der Waals surface area contributed by atoms with Gasteiger partial charge in [0.25, 0.3) is 0 Å². The topological polar surface area (TPSA) is 52.6 Å². The molecule has 0 fully saturated rings. The summed E-state index contributed by atoms with van der Waals surface area (Å²) in [6, 6.07) is 3.15. The summed E-state index contributed by atoms with van der Waals surface area (Å²) in [7, 11) is 1.10. The molecule has 0 spiro atoms. The molecule has 4 nitrogen and oxygen atoms in total. The number of carbonyl (C=O) groups is 1. The summed E-state index contributed by atoms with van der Waals surface area (Å²) < 4.78 is 50.0.